The van der Waals surface area contributed by atoms with Crippen LogP contribution in [0.1, 0.15) is 27.7 Å². The Hall–Kier alpha value is -2.06. The molecule has 0 aliphatic carbocycles. The Balaban J connectivity index is -0.0000000304. The molecular weight excluding hydrogens is 326 g/mol. The first kappa shape index (κ1) is 36.1. The van der Waals surface area contributed by atoms with E-state index in [1.54, 1.807) is 0 Å². The van der Waals surface area contributed by atoms with Gasteiger partial charge in [-0.1, -0.05) is 6.58 Å². The van der Waals surface area contributed by atoms with Gasteiger partial charge >= 0.3 is 0 Å². The van der Waals surface area contributed by atoms with Crippen LogP contribution >= 0.6 is 0 Å². The first-order valence-corrected chi connectivity index (χ1v) is 4.45. The molecule has 0 saturated heterocycles. The van der Waals surface area contributed by atoms with E-state index in [9.17, 15) is 0 Å². The summed E-state index contributed by atoms with van der Waals surface area (Å²) in [5.74, 6) is -3.33. The van der Waals surface area contributed by atoms with E-state index in [0.717, 1.165) is 27.7 Å². The number of nitrogens with two attached hydrogens (primary N) is 1. The van der Waals surface area contributed by atoms with E-state index in [4.69, 9.17) is 39.6 Å². The first-order valence-electron chi connectivity index (χ1n) is 4.45. The molecule has 0 rings (SSSR count). The maximum absolute atomic E-state index is 9.00. The summed E-state index contributed by atoms with van der Waals surface area (Å²) in [5.41, 5.74) is 4.61. The molecule has 0 amide bonds. The third-order valence-corrected chi connectivity index (χ3v) is 0. The van der Waals surface area contributed by atoms with Gasteiger partial charge in [-0.15, -0.1) is 0 Å². The number of carbonyl (C=O) groups is 4. The van der Waals surface area contributed by atoms with Crippen molar-refractivity contribution in [2.45, 2.75) is 27.7 Å². The van der Waals surface area contributed by atoms with Crippen LogP contribution in [0.15, 0.2) is 12.8 Å². The smallest absolute Gasteiger partial charge is 0.300 e. The third-order valence-electron chi connectivity index (χ3n) is 0. The normalized spacial score (nSPS) is 5.60. The van der Waals surface area contributed by atoms with Gasteiger partial charge in [-0.25, -0.2) is 0 Å². The largest absolute Gasteiger partial charge is 0.481 e. The van der Waals surface area contributed by atoms with E-state index >= 15 is 0 Å². The molecule has 0 aromatic heterocycles. The molecule has 0 aliphatic rings. The summed E-state index contributed by atoms with van der Waals surface area (Å²) in [6.45, 7) is 7.47. The standard InChI is InChI=1S/C2H5N.4C2H4O2.Cu/c1-2-3;4*1-2(3)4;/h2H,1,3H2;4*1H3,(H,3,4);. The molecule has 0 aromatic rings. The molecule has 0 heterocycles. The van der Waals surface area contributed by atoms with E-state index in [1.807, 2.05) is 0 Å². The number of carboxylic acids is 4. The minimum atomic E-state index is -0.833. The number of aliphatic carboxylic acids is 4. The van der Waals surface area contributed by atoms with Crippen LogP contribution in [0.3, 0.4) is 0 Å². The van der Waals surface area contributed by atoms with E-state index in [2.05, 4.69) is 12.3 Å². The van der Waals surface area contributed by atoms with Gasteiger partial charge in [0.05, 0.1) is 0 Å². The Labute approximate surface area is 127 Å². The van der Waals surface area contributed by atoms with Crippen molar-refractivity contribution in [3.8, 4) is 0 Å². The minimum Gasteiger partial charge on any atom is -0.481 e. The van der Waals surface area contributed by atoms with E-state index < -0.39 is 23.9 Å². The fourth-order valence-electron chi connectivity index (χ4n) is 0. The number of rotatable bonds is 0. The molecule has 0 saturated carbocycles. The van der Waals surface area contributed by atoms with Gasteiger partial charge in [-0.05, 0) is 6.20 Å². The summed E-state index contributed by atoms with van der Waals surface area (Å²) in [6, 6.07) is 0. The molecule has 10 heteroatoms. The predicted molar refractivity (Wildman–Crippen MR) is 67.6 cm³/mol. The molecule has 0 atom stereocenters. The van der Waals surface area contributed by atoms with Crippen LogP contribution in [0.4, 0.5) is 0 Å². The average molecular weight is 347 g/mol. The number of hydrogen-bond donors (Lipinski definition) is 5. The Morgan fingerprint density at radius 3 is 0.750 bits per heavy atom. The van der Waals surface area contributed by atoms with E-state index in [1.165, 1.54) is 6.20 Å². The molecular formula is C10H21CuNO8. The summed E-state index contributed by atoms with van der Waals surface area (Å²) in [7, 11) is 0. The van der Waals surface area contributed by atoms with Crippen molar-refractivity contribution >= 4 is 23.9 Å². The molecule has 125 valence electrons. The van der Waals surface area contributed by atoms with Gasteiger partial charge in [-0.2, -0.15) is 0 Å². The molecule has 0 unspecified atom stereocenters. The zero-order valence-electron chi connectivity index (χ0n) is 11.6. The van der Waals surface area contributed by atoms with Crippen LogP contribution in [0.5, 0.6) is 0 Å². The average Bonchev–Trinajstić information content (AvgIpc) is 1.97. The molecule has 6 N–H and O–H groups in total. The summed E-state index contributed by atoms with van der Waals surface area (Å²) < 4.78 is 0. The second-order valence-electron chi connectivity index (χ2n) is 2.31. The predicted octanol–water partition coefficient (Wildman–Crippen LogP) is 0.450. The van der Waals surface area contributed by atoms with Gasteiger partial charge in [0.15, 0.2) is 0 Å². The van der Waals surface area contributed by atoms with Crippen molar-refractivity contribution in [1.82, 2.24) is 0 Å². The van der Waals surface area contributed by atoms with Gasteiger partial charge < -0.3 is 26.2 Å². The van der Waals surface area contributed by atoms with E-state index in [0.29, 0.717) is 0 Å². The molecule has 20 heavy (non-hydrogen) atoms. The van der Waals surface area contributed by atoms with Crippen molar-refractivity contribution in [1.29, 1.82) is 0 Å². The molecule has 0 aliphatic heterocycles. The molecule has 0 spiro atoms. The molecule has 9 nitrogen and oxygen atoms in total. The number of hydrogen-bond acceptors (Lipinski definition) is 5. The number of carboxylic acid groups (broad SMARTS) is 4. The van der Waals surface area contributed by atoms with Gasteiger partial charge in [-0.3, -0.25) is 19.2 Å². The second kappa shape index (κ2) is 36.0. The fraction of sp³-hybridized carbons (Fsp3) is 0.400. The Kier molecular flexibility index (Phi) is 64.9. The van der Waals surface area contributed by atoms with Gasteiger partial charge in [0, 0.05) is 44.8 Å². The summed E-state index contributed by atoms with van der Waals surface area (Å²) in [6.07, 6.45) is 1.25. The monoisotopic (exact) mass is 346 g/mol. The third kappa shape index (κ3) is 838. The topological polar surface area (TPSA) is 175 Å². The van der Waals surface area contributed by atoms with Crippen molar-refractivity contribution < 1.29 is 56.7 Å². The second-order valence-corrected chi connectivity index (χ2v) is 2.31. The maximum Gasteiger partial charge on any atom is 0.300 e. The van der Waals surface area contributed by atoms with E-state index in [-0.39, 0.29) is 17.1 Å². The summed E-state index contributed by atoms with van der Waals surface area (Å²) in [4.78, 5) is 36.0. The van der Waals surface area contributed by atoms with Crippen LogP contribution < -0.4 is 5.73 Å². The Morgan fingerprint density at radius 1 is 0.750 bits per heavy atom. The zero-order valence-corrected chi connectivity index (χ0v) is 12.5. The molecule has 0 bridgehead atoms. The summed E-state index contributed by atoms with van der Waals surface area (Å²) in [5, 5.41) is 29.7. The first-order chi connectivity index (χ1) is 8.34. The SMILES string of the molecule is C=CN.CC(=O)O.CC(=O)O.CC(=O)O.CC(=O)O.[Cu]. The van der Waals surface area contributed by atoms with Crippen molar-refractivity contribution in [2.75, 3.05) is 0 Å². The van der Waals surface area contributed by atoms with Crippen molar-refractivity contribution in [3.63, 3.8) is 0 Å². The molecule has 1 radical (unpaired) electrons. The van der Waals surface area contributed by atoms with Crippen LogP contribution in [0, 0.1) is 0 Å². The Bertz CT molecular complexity index is 204. The quantitative estimate of drug-likeness (QED) is 0.389. The summed E-state index contributed by atoms with van der Waals surface area (Å²) >= 11 is 0. The van der Waals surface area contributed by atoms with Gasteiger partial charge in [0.2, 0.25) is 0 Å². The van der Waals surface area contributed by atoms with Crippen LogP contribution in [-0.4, -0.2) is 44.3 Å². The minimum absolute atomic E-state index is 0. The fourth-order valence-corrected chi connectivity index (χ4v) is 0. The van der Waals surface area contributed by atoms with Crippen LogP contribution in [0.2, 0.25) is 0 Å². The van der Waals surface area contributed by atoms with Gasteiger partial charge in [0.25, 0.3) is 23.9 Å². The zero-order chi connectivity index (χ0) is 17.0. The van der Waals surface area contributed by atoms with Crippen molar-refractivity contribution in [3.05, 3.63) is 12.8 Å². The maximum atomic E-state index is 9.00. The molecule has 0 fully saturated rings. The molecule has 0 aromatic carbocycles. The van der Waals surface area contributed by atoms with Crippen molar-refractivity contribution in [2.24, 2.45) is 5.73 Å². The Morgan fingerprint density at radius 2 is 0.750 bits per heavy atom. The van der Waals surface area contributed by atoms with Gasteiger partial charge in [0.1, 0.15) is 0 Å². The van der Waals surface area contributed by atoms with Crippen LogP contribution in [-0.2, 0) is 36.2 Å². The van der Waals surface area contributed by atoms with Crippen LogP contribution in [0.25, 0.3) is 0 Å².